The third-order valence-corrected chi connectivity index (χ3v) is 6.62. The molecule has 152 valence electrons. The lowest BCUT2D eigenvalue weighted by Crippen LogP contribution is -2.50. The van der Waals surface area contributed by atoms with Gasteiger partial charge < -0.3 is 20.5 Å². The number of hydrogen-bond donors (Lipinski definition) is 2. The van der Waals surface area contributed by atoms with Gasteiger partial charge in [-0.1, -0.05) is 13.3 Å². The van der Waals surface area contributed by atoms with E-state index in [1.807, 2.05) is 6.92 Å². The van der Waals surface area contributed by atoms with E-state index in [1.165, 1.54) is 30.7 Å². The smallest absolute Gasteiger partial charge is 0.243 e. The SMILES string of the molecule is CCCC(N)C(=O)NC1CCN(S(=O)(=O)c2ccc(OC)c(OC)c2)CC1. The van der Waals surface area contributed by atoms with Gasteiger partial charge in [0, 0.05) is 25.2 Å². The molecule has 0 radical (unpaired) electrons. The monoisotopic (exact) mass is 399 g/mol. The quantitative estimate of drug-likeness (QED) is 0.677. The number of benzene rings is 1. The van der Waals surface area contributed by atoms with E-state index >= 15 is 0 Å². The number of hydrogen-bond acceptors (Lipinski definition) is 6. The van der Waals surface area contributed by atoms with Gasteiger partial charge in [0.05, 0.1) is 25.2 Å². The normalized spacial score (nSPS) is 17.3. The van der Waals surface area contributed by atoms with Crippen molar-refractivity contribution < 1.29 is 22.7 Å². The van der Waals surface area contributed by atoms with Crippen LogP contribution in [0.3, 0.4) is 0 Å². The molecule has 1 fully saturated rings. The molecule has 27 heavy (non-hydrogen) atoms. The molecule has 1 heterocycles. The van der Waals surface area contributed by atoms with Gasteiger partial charge in [-0.15, -0.1) is 0 Å². The summed E-state index contributed by atoms with van der Waals surface area (Å²) in [5.41, 5.74) is 5.83. The Kier molecular flexibility index (Phi) is 7.46. The van der Waals surface area contributed by atoms with Gasteiger partial charge in [-0.25, -0.2) is 8.42 Å². The fourth-order valence-corrected chi connectivity index (χ4v) is 4.60. The molecular weight excluding hydrogens is 370 g/mol. The van der Waals surface area contributed by atoms with Crippen molar-refractivity contribution >= 4 is 15.9 Å². The molecule has 8 nitrogen and oxygen atoms in total. The molecule has 1 saturated heterocycles. The Hall–Kier alpha value is -1.84. The van der Waals surface area contributed by atoms with Gasteiger partial charge in [0.15, 0.2) is 11.5 Å². The maximum absolute atomic E-state index is 12.9. The predicted octanol–water partition coefficient (Wildman–Crippen LogP) is 1.10. The van der Waals surface area contributed by atoms with Crippen LogP contribution < -0.4 is 20.5 Å². The second-order valence-electron chi connectivity index (χ2n) is 6.60. The molecule has 1 aromatic carbocycles. The first kappa shape index (κ1) is 21.5. The van der Waals surface area contributed by atoms with Gasteiger partial charge in [-0.05, 0) is 31.4 Å². The molecule has 0 aromatic heterocycles. The number of carbonyl (C=O) groups is 1. The standard InChI is InChI=1S/C18H29N3O5S/c1-4-5-15(19)18(22)20-13-8-10-21(11-9-13)27(23,24)14-6-7-16(25-2)17(12-14)26-3/h6-7,12-13,15H,4-5,8-11,19H2,1-3H3,(H,20,22). The van der Waals surface area contributed by atoms with E-state index in [0.717, 1.165) is 6.42 Å². The van der Waals surface area contributed by atoms with Crippen molar-refractivity contribution in [1.82, 2.24) is 9.62 Å². The average molecular weight is 400 g/mol. The molecule has 9 heteroatoms. The highest BCUT2D eigenvalue weighted by Crippen LogP contribution is 2.31. The van der Waals surface area contributed by atoms with Crippen LogP contribution in [0.15, 0.2) is 23.1 Å². The minimum Gasteiger partial charge on any atom is -0.493 e. The van der Waals surface area contributed by atoms with Crippen LogP contribution in [0.5, 0.6) is 11.5 Å². The van der Waals surface area contributed by atoms with Gasteiger partial charge in [-0.3, -0.25) is 4.79 Å². The van der Waals surface area contributed by atoms with Crippen LogP contribution in [0, 0.1) is 0 Å². The summed E-state index contributed by atoms with van der Waals surface area (Å²) in [5, 5.41) is 2.93. The number of nitrogens with one attached hydrogen (secondary N) is 1. The van der Waals surface area contributed by atoms with Crippen LogP contribution >= 0.6 is 0 Å². The Labute approximate surface area is 161 Å². The topological polar surface area (TPSA) is 111 Å². The predicted molar refractivity (Wildman–Crippen MR) is 102 cm³/mol. The van der Waals surface area contributed by atoms with Gasteiger partial charge in [-0.2, -0.15) is 4.31 Å². The Morgan fingerprint density at radius 1 is 1.26 bits per heavy atom. The van der Waals surface area contributed by atoms with Crippen LogP contribution in [0.25, 0.3) is 0 Å². The lowest BCUT2D eigenvalue weighted by molar-refractivity contribution is -0.123. The van der Waals surface area contributed by atoms with Crippen molar-refractivity contribution in [2.75, 3.05) is 27.3 Å². The maximum atomic E-state index is 12.9. The molecule has 1 unspecified atom stereocenters. The Morgan fingerprint density at radius 2 is 1.89 bits per heavy atom. The molecule has 3 N–H and O–H groups in total. The first-order chi connectivity index (χ1) is 12.8. The van der Waals surface area contributed by atoms with E-state index < -0.39 is 16.1 Å². The maximum Gasteiger partial charge on any atom is 0.243 e. The molecule has 1 aliphatic rings. The van der Waals surface area contributed by atoms with E-state index in [4.69, 9.17) is 15.2 Å². The zero-order valence-electron chi connectivity index (χ0n) is 16.1. The average Bonchev–Trinajstić information content (AvgIpc) is 2.67. The minimum atomic E-state index is -3.64. The zero-order valence-corrected chi connectivity index (χ0v) is 16.9. The van der Waals surface area contributed by atoms with Crippen molar-refractivity contribution in [3.05, 3.63) is 18.2 Å². The highest BCUT2D eigenvalue weighted by Gasteiger charge is 2.31. The van der Waals surface area contributed by atoms with Crippen molar-refractivity contribution in [2.45, 2.75) is 49.6 Å². The van der Waals surface area contributed by atoms with E-state index in [-0.39, 0.29) is 16.8 Å². The van der Waals surface area contributed by atoms with Gasteiger partial charge in [0.1, 0.15) is 0 Å². The Morgan fingerprint density at radius 3 is 2.44 bits per heavy atom. The molecule has 1 aliphatic heterocycles. The van der Waals surface area contributed by atoms with Crippen LogP contribution in [-0.2, 0) is 14.8 Å². The van der Waals surface area contributed by atoms with Crippen LogP contribution in [0.2, 0.25) is 0 Å². The highest BCUT2D eigenvalue weighted by molar-refractivity contribution is 7.89. The summed E-state index contributed by atoms with van der Waals surface area (Å²) in [6, 6.07) is 3.98. The molecule has 0 bridgehead atoms. The highest BCUT2D eigenvalue weighted by atomic mass is 32.2. The fourth-order valence-electron chi connectivity index (χ4n) is 3.12. The van der Waals surface area contributed by atoms with Crippen LogP contribution in [0.4, 0.5) is 0 Å². The second kappa shape index (κ2) is 9.38. The molecule has 0 aliphatic carbocycles. The van der Waals surface area contributed by atoms with Crippen molar-refractivity contribution in [2.24, 2.45) is 5.73 Å². The first-order valence-corrected chi connectivity index (χ1v) is 10.6. The molecule has 1 aromatic rings. The minimum absolute atomic E-state index is 0.0581. The summed E-state index contributed by atoms with van der Waals surface area (Å²) in [7, 11) is -0.675. The zero-order chi connectivity index (χ0) is 20.0. The van der Waals surface area contributed by atoms with Crippen LogP contribution in [0.1, 0.15) is 32.6 Å². The summed E-state index contributed by atoms with van der Waals surface area (Å²) >= 11 is 0. The summed E-state index contributed by atoms with van der Waals surface area (Å²) < 4.78 is 37.6. The molecule has 1 amide bonds. The number of carbonyl (C=O) groups excluding carboxylic acids is 1. The summed E-state index contributed by atoms with van der Waals surface area (Å²) in [4.78, 5) is 12.2. The van der Waals surface area contributed by atoms with Crippen molar-refractivity contribution in [3.63, 3.8) is 0 Å². The lowest BCUT2D eigenvalue weighted by atomic mass is 10.1. The van der Waals surface area contributed by atoms with E-state index in [9.17, 15) is 13.2 Å². The molecule has 2 rings (SSSR count). The third kappa shape index (κ3) is 5.12. The van der Waals surface area contributed by atoms with E-state index in [2.05, 4.69) is 5.32 Å². The fraction of sp³-hybridized carbons (Fsp3) is 0.611. The first-order valence-electron chi connectivity index (χ1n) is 9.11. The number of amides is 1. The molecule has 1 atom stereocenters. The molecule has 0 saturated carbocycles. The number of ether oxygens (including phenoxy) is 2. The summed E-state index contributed by atoms with van der Waals surface area (Å²) in [6.45, 7) is 2.65. The van der Waals surface area contributed by atoms with Gasteiger partial charge in [0.25, 0.3) is 0 Å². The van der Waals surface area contributed by atoms with E-state index in [0.29, 0.717) is 43.9 Å². The summed E-state index contributed by atoms with van der Waals surface area (Å²) in [5.74, 6) is 0.671. The van der Waals surface area contributed by atoms with Gasteiger partial charge in [0.2, 0.25) is 15.9 Å². The molecule has 0 spiro atoms. The van der Waals surface area contributed by atoms with Crippen molar-refractivity contribution in [3.8, 4) is 11.5 Å². The number of methoxy groups -OCH3 is 2. The van der Waals surface area contributed by atoms with Crippen LogP contribution in [-0.4, -0.2) is 58.0 Å². The van der Waals surface area contributed by atoms with Gasteiger partial charge >= 0.3 is 0 Å². The number of sulfonamides is 1. The number of rotatable bonds is 8. The Balaban J connectivity index is 2.01. The molecular formula is C18H29N3O5S. The third-order valence-electron chi connectivity index (χ3n) is 4.73. The second-order valence-corrected chi connectivity index (χ2v) is 8.54. The van der Waals surface area contributed by atoms with Crippen molar-refractivity contribution in [1.29, 1.82) is 0 Å². The number of piperidine rings is 1. The largest absolute Gasteiger partial charge is 0.493 e. The Bertz CT molecular complexity index is 745. The summed E-state index contributed by atoms with van der Waals surface area (Å²) in [6.07, 6.45) is 2.59. The number of nitrogens with zero attached hydrogens (tertiary/aromatic N) is 1. The number of nitrogens with two attached hydrogens (primary N) is 1. The van der Waals surface area contributed by atoms with E-state index in [1.54, 1.807) is 6.07 Å². The lowest BCUT2D eigenvalue weighted by Gasteiger charge is -2.32.